The molecule has 3 aromatic rings. The molecule has 0 saturated carbocycles. The van der Waals surface area contributed by atoms with Gasteiger partial charge in [0, 0.05) is 12.3 Å². The molecule has 28 heavy (non-hydrogen) atoms. The van der Waals surface area contributed by atoms with Crippen LogP contribution in [0.2, 0.25) is 0 Å². The highest BCUT2D eigenvalue weighted by atomic mass is 32.2. The molecule has 1 atom stereocenters. The van der Waals surface area contributed by atoms with E-state index in [9.17, 15) is 13.2 Å². The number of ether oxygens (including phenoxy) is 1. The number of aromatic nitrogens is 1. The molecule has 9 heteroatoms. The maximum absolute atomic E-state index is 12.7. The van der Waals surface area contributed by atoms with E-state index in [0.717, 1.165) is 11.8 Å². The number of amides is 1. The molecule has 0 bridgehead atoms. The van der Waals surface area contributed by atoms with E-state index in [1.165, 1.54) is 13.1 Å². The molecule has 0 aliphatic rings. The number of methoxy groups -OCH3 is 1. The highest BCUT2D eigenvalue weighted by Gasteiger charge is 2.23. The summed E-state index contributed by atoms with van der Waals surface area (Å²) in [5.41, 5.74) is 1.46. The third kappa shape index (κ3) is 4.21. The van der Waals surface area contributed by atoms with Gasteiger partial charge in [0.1, 0.15) is 12.0 Å². The van der Waals surface area contributed by atoms with Crippen molar-refractivity contribution in [3.63, 3.8) is 0 Å². The summed E-state index contributed by atoms with van der Waals surface area (Å²) < 4.78 is 36.0. The molecular weight excluding hydrogens is 382 g/mol. The normalized spacial score (nSPS) is 12.4. The van der Waals surface area contributed by atoms with Gasteiger partial charge in [-0.25, -0.2) is 13.1 Å². The number of benzene rings is 1. The SMILES string of the molecule is CNS(=O)(=O)c1cc(C(=O)NC(c2cccc(OC)c2)c2ccccn2)co1. The molecule has 0 saturated heterocycles. The van der Waals surface area contributed by atoms with E-state index < -0.39 is 22.0 Å². The summed E-state index contributed by atoms with van der Waals surface area (Å²) in [6.45, 7) is 0. The Labute approximate surface area is 162 Å². The Balaban J connectivity index is 1.93. The van der Waals surface area contributed by atoms with Gasteiger partial charge in [0.15, 0.2) is 0 Å². The fraction of sp³-hybridized carbons (Fsp3) is 0.158. The van der Waals surface area contributed by atoms with Crippen molar-refractivity contribution in [3.8, 4) is 5.75 Å². The number of hydrogen-bond donors (Lipinski definition) is 2. The molecule has 0 aliphatic heterocycles. The maximum Gasteiger partial charge on any atom is 0.273 e. The Bertz CT molecular complexity index is 1060. The Kier molecular flexibility index (Phi) is 5.76. The third-order valence-electron chi connectivity index (χ3n) is 4.06. The van der Waals surface area contributed by atoms with Crippen LogP contribution in [0.25, 0.3) is 0 Å². The molecular formula is C19H19N3O5S. The van der Waals surface area contributed by atoms with Crippen molar-refractivity contribution in [2.24, 2.45) is 0 Å². The first-order valence-electron chi connectivity index (χ1n) is 8.32. The zero-order chi connectivity index (χ0) is 20.1. The minimum absolute atomic E-state index is 0.0812. The van der Waals surface area contributed by atoms with Gasteiger partial charge in [-0.3, -0.25) is 9.78 Å². The molecule has 2 aromatic heterocycles. The number of sulfonamides is 1. The van der Waals surface area contributed by atoms with Gasteiger partial charge in [-0.05, 0) is 36.9 Å². The van der Waals surface area contributed by atoms with Crippen molar-refractivity contribution in [3.05, 3.63) is 77.8 Å². The van der Waals surface area contributed by atoms with Gasteiger partial charge in [-0.2, -0.15) is 0 Å². The first-order valence-corrected chi connectivity index (χ1v) is 9.80. The molecule has 0 fully saturated rings. The van der Waals surface area contributed by atoms with Gasteiger partial charge < -0.3 is 14.5 Å². The third-order valence-corrected chi connectivity index (χ3v) is 5.34. The highest BCUT2D eigenvalue weighted by molar-refractivity contribution is 7.89. The van der Waals surface area contributed by atoms with Crippen LogP contribution in [0.4, 0.5) is 0 Å². The average molecular weight is 401 g/mol. The minimum Gasteiger partial charge on any atom is -0.497 e. The number of furan rings is 1. The van der Waals surface area contributed by atoms with Crippen LogP contribution in [0.15, 0.2) is 70.5 Å². The van der Waals surface area contributed by atoms with Crippen LogP contribution in [-0.2, 0) is 10.0 Å². The van der Waals surface area contributed by atoms with Crippen molar-refractivity contribution in [2.45, 2.75) is 11.1 Å². The molecule has 1 unspecified atom stereocenters. The Morgan fingerprint density at radius 2 is 2.00 bits per heavy atom. The molecule has 8 nitrogen and oxygen atoms in total. The summed E-state index contributed by atoms with van der Waals surface area (Å²) in [6.07, 6.45) is 2.73. The second kappa shape index (κ2) is 8.24. The molecule has 146 valence electrons. The van der Waals surface area contributed by atoms with Gasteiger partial charge in [0.05, 0.1) is 24.4 Å². The van der Waals surface area contributed by atoms with Crippen LogP contribution in [0.1, 0.15) is 27.7 Å². The number of carbonyl (C=O) groups is 1. The molecule has 1 amide bonds. The quantitative estimate of drug-likeness (QED) is 0.627. The van der Waals surface area contributed by atoms with Crippen molar-refractivity contribution in [1.29, 1.82) is 0 Å². The fourth-order valence-electron chi connectivity index (χ4n) is 2.59. The van der Waals surface area contributed by atoms with Crippen molar-refractivity contribution >= 4 is 15.9 Å². The Morgan fingerprint density at radius 1 is 1.18 bits per heavy atom. The molecule has 1 aromatic carbocycles. The summed E-state index contributed by atoms with van der Waals surface area (Å²) in [6, 6.07) is 13.2. The Hall–Kier alpha value is -3.17. The monoisotopic (exact) mass is 401 g/mol. The van der Waals surface area contributed by atoms with Crippen LogP contribution in [0, 0.1) is 0 Å². The predicted molar refractivity (Wildman–Crippen MR) is 101 cm³/mol. The van der Waals surface area contributed by atoms with Gasteiger partial charge in [-0.15, -0.1) is 0 Å². The smallest absolute Gasteiger partial charge is 0.273 e. The van der Waals surface area contributed by atoms with Gasteiger partial charge >= 0.3 is 0 Å². The number of rotatable bonds is 7. The molecule has 0 radical (unpaired) electrons. The van der Waals surface area contributed by atoms with E-state index in [4.69, 9.17) is 9.15 Å². The zero-order valence-corrected chi connectivity index (χ0v) is 16.1. The first kappa shape index (κ1) is 19.6. The molecule has 2 N–H and O–H groups in total. The van der Waals surface area contributed by atoms with E-state index in [-0.39, 0.29) is 10.7 Å². The number of carbonyl (C=O) groups excluding carboxylic acids is 1. The zero-order valence-electron chi connectivity index (χ0n) is 15.2. The summed E-state index contributed by atoms with van der Waals surface area (Å²) in [7, 11) is -0.959. The van der Waals surface area contributed by atoms with Gasteiger partial charge in [0.25, 0.3) is 15.9 Å². The molecule has 0 aliphatic carbocycles. The molecule has 2 heterocycles. The molecule has 3 rings (SSSR count). The maximum atomic E-state index is 12.7. The molecule has 0 spiro atoms. The van der Waals surface area contributed by atoms with E-state index >= 15 is 0 Å². The second-order valence-electron chi connectivity index (χ2n) is 5.80. The second-order valence-corrected chi connectivity index (χ2v) is 7.62. The van der Waals surface area contributed by atoms with E-state index in [2.05, 4.69) is 15.0 Å². The van der Waals surface area contributed by atoms with E-state index in [0.29, 0.717) is 11.4 Å². The van der Waals surface area contributed by atoms with Crippen LogP contribution in [0.5, 0.6) is 5.75 Å². The number of nitrogens with zero attached hydrogens (tertiary/aromatic N) is 1. The number of nitrogens with one attached hydrogen (secondary N) is 2. The van der Waals surface area contributed by atoms with Gasteiger partial charge in [0.2, 0.25) is 5.09 Å². The first-order chi connectivity index (χ1) is 13.4. The average Bonchev–Trinajstić information content (AvgIpc) is 3.24. The minimum atomic E-state index is -3.78. The van der Waals surface area contributed by atoms with Crippen LogP contribution >= 0.6 is 0 Å². The van der Waals surface area contributed by atoms with Crippen LogP contribution < -0.4 is 14.8 Å². The van der Waals surface area contributed by atoms with E-state index in [1.54, 1.807) is 37.6 Å². The fourth-order valence-corrected chi connectivity index (χ4v) is 3.25. The largest absolute Gasteiger partial charge is 0.497 e. The van der Waals surface area contributed by atoms with Gasteiger partial charge in [-0.1, -0.05) is 18.2 Å². The van der Waals surface area contributed by atoms with Crippen molar-refractivity contribution in [2.75, 3.05) is 14.2 Å². The van der Waals surface area contributed by atoms with Crippen LogP contribution in [-0.4, -0.2) is 33.5 Å². The van der Waals surface area contributed by atoms with E-state index in [1.807, 2.05) is 18.2 Å². The number of pyridine rings is 1. The predicted octanol–water partition coefficient (Wildman–Crippen LogP) is 2.11. The topological polar surface area (TPSA) is 111 Å². The lowest BCUT2D eigenvalue weighted by molar-refractivity contribution is 0.0941. The summed E-state index contributed by atoms with van der Waals surface area (Å²) in [4.78, 5) is 17.1. The standard InChI is InChI=1S/C19H19N3O5S/c1-20-28(24,25)17-11-14(12-27-17)19(23)22-18(16-8-3-4-9-21-16)13-6-5-7-15(10-13)26-2/h3-12,18,20H,1-2H3,(H,22,23). The summed E-state index contributed by atoms with van der Waals surface area (Å²) >= 11 is 0. The lowest BCUT2D eigenvalue weighted by Gasteiger charge is -2.19. The highest BCUT2D eigenvalue weighted by Crippen LogP contribution is 2.25. The van der Waals surface area contributed by atoms with Crippen LogP contribution in [0.3, 0.4) is 0 Å². The lowest BCUT2D eigenvalue weighted by Crippen LogP contribution is -2.29. The summed E-state index contributed by atoms with van der Waals surface area (Å²) in [5, 5.41) is 2.53. The number of hydrogen-bond acceptors (Lipinski definition) is 6. The van der Waals surface area contributed by atoms with Crippen molar-refractivity contribution in [1.82, 2.24) is 15.0 Å². The Morgan fingerprint density at radius 3 is 2.68 bits per heavy atom. The van der Waals surface area contributed by atoms with Crippen molar-refractivity contribution < 1.29 is 22.4 Å². The lowest BCUT2D eigenvalue weighted by atomic mass is 10.0. The summed E-state index contributed by atoms with van der Waals surface area (Å²) in [5.74, 6) is 0.137.